The number of hydrogen-bond donors (Lipinski definition) is 4. The molecule has 0 radical (unpaired) electrons. The summed E-state index contributed by atoms with van der Waals surface area (Å²) in [6.45, 7) is 12.4. The zero-order chi connectivity index (χ0) is 17.7. The number of guanidine groups is 1. The van der Waals surface area contributed by atoms with Crippen LogP contribution in [0.5, 0.6) is 0 Å². The summed E-state index contributed by atoms with van der Waals surface area (Å²) in [5.41, 5.74) is 0.0477. The molecule has 136 valence electrons. The zero-order valence-corrected chi connectivity index (χ0v) is 15.5. The molecular weight excluding hydrogens is 292 g/mol. The average Bonchev–Trinajstić information content (AvgIpc) is 2.50. The first-order valence-corrected chi connectivity index (χ1v) is 8.85. The summed E-state index contributed by atoms with van der Waals surface area (Å²) in [4.78, 5) is 16.3. The average molecular weight is 329 g/mol. The third-order valence-electron chi connectivity index (χ3n) is 4.15. The van der Waals surface area contributed by atoms with Crippen molar-refractivity contribution in [1.29, 1.82) is 0 Å². The highest BCUT2D eigenvalue weighted by atomic mass is 16.3. The van der Waals surface area contributed by atoms with Gasteiger partial charge in [-0.25, -0.2) is 0 Å². The molecule has 0 spiro atoms. The van der Waals surface area contributed by atoms with Gasteiger partial charge in [0.05, 0.1) is 0 Å². The SMILES string of the molecule is CCNC(=NCC(CC)(CC)CCO)NCCC(=O)NC(C)C. The summed E-state index contributed by atoms with van der Waals surface area (Å²) in [7, 11) is 0. The molecular formula is C17H36N4O2. The highest BCUT2D eigenvalue weighted by molar-refractivity contribution is 5.81. The van der Waals surface area contributed by atoms with Crippen molar-refractivity contribution in [3.63, 3.8) is 0 Å². The molecule has 0 aromatic carbocycles. The number of nitrogens with one attached hydrogen (secondary N) is 3. The smallest absolute Gasteiger partial charge is 0.221 e. The molecule has 6 heteroatoms. The second-order valence-corrected chi connectivity index (χ2v) is 6.27. The number of amides is 1. The number of carbonyl (C=O) groups is 1. The summed E-state index contributed by atoms with van der Waals surface area (Å²) < 4.78 is 0. The van der Waals surface area contributed by atoms with Gasteiger partial charge < -0.3 is 21.1 Å². The molecule has 0 aromatic rings. The van der Waals surface area contributed by atoms with Crippen LogP contribution in [0.25, 0.3) is 0 Å². The summed E-state index contributed by atoms with van der Waals surface area (Å²) in [5, 5.41) is 18.6. The molecule has 0 rings (SSSR count). The number of aliphatic imine (C=N–C) groups is 1. The van der Waals surface area contributed by atoms with Crippen LogP contribution < -0.4 is 16.0 Å². The van der Waals surface area contributed by atoms with E-state index in [4.69, 9.17) is 0 Å². The fraction of sp³-hybridized carbons (Fsp3) is 0.882. The van der Waals surface area contributed by atoms with E-state index >= 15 is 0 Å². The summed E-state index contributed by atoms with van der Waals surface area (Å²) in [6, 6.07) is 0.164. The Morgan fingerprint density at radius 2 is 1.83 bits per heavy atom. The van der Waals surface area contributed by atoms with Crippen LogP contribution in [0.4, 0.5) is 0 Å². The Hall–Kier alpha value is -1.30. The van der Waals surface area contributed by atoms with Crippen molar-refractivity contribution in [1.82, 2.24) is 16.0 Å². The van der Waals surface area contributed by atoms with E-state index in [2.05, 4.69) is 34.8 Å². The monoisotopic (exact) mass is 328 g/mol. The Morgan fingerprint density at radius 3 is 2.30 bits per heavy atom. The minimum Gasteiger partial charge on any atom is -0.396 e. The Labute approximate surface area is 141 Å². The quantitative estimate of drug-likeness (QED) is 0.343. The molecule has 0 fully saturated rings. The fourth-order valence-corrected chi connectivity index (χ4v) is 2.42. The van der Waals surface area contributed by atoms with E-state index in [1.165, 1.54) is 0 Å². The van der Waals surface area contributed by atoms with Crippen LogP contribution in [-0.2, 0) is 4.79 Å². The van der Waals surface area contributed by atoms with Crippen molar-refractivity contribution in [2.24, 2.45) is 10.4 Å². The number of carbonyl (C=O) groups excluding carboxylic acids is 1. The van der Waals surface area contributed by atoms with E-state index in [9.17, 15) is 9.90 Å². The predicted octanol–water partition coefficient (Wildman–Crippen LogP) is 1.65. The summed E-state index contributed by atoms with van der Waals surface area (Å²) >= 11 is 0. The number of nitrogens with zero attached hydrogens (tertiary/aromatic N) is 1. The van der Waals surface area contributed by atoms with Gasteiger partial charge in [0, 0.05) is 38.7 Å². The minimum atomic E-state index is 0.0418. The van der Waals surface area contributed by atoms with Crippen molar-refractivity contribution < 1.29 is 9.90 Å². The van der Waals surface area contributed by atoms with E-state index in [0.29, 0.717) is 19.5 Å². The van der Waals surface area contributed by atoms with Gasteiger partial charge in [-0.15, -0.1) is 0 Å². The highest BCUT2D eigenvalue weighted by Crippen LogP contribution is 2.30. The molecule has 0 atom stereocenters. The molecule has 0 saturated heterocycles. The Morgan fingerprint density at radius 1 is 1.17 bits per heavy atom. The van der Waals surface area contributed by atoms with Gasteiger partial charge in [-0.2, -0.15) is 0 Å². The third-order valence-corrected chi connectivity index (χ3v) is 4.15. The van der Waals surface area contributed by atoms with Crippen LogP contribution in [0, 0.1) is 5.41 Å². The van der Waals surface area contributed by atoms with Gasteiger partial charge in [0.1, 0.15) is 0 Å². The van der Waals surface area contributed by atoms with Crippen molar-refractivity contribution >= 4 is 11.9 Å². The Bertz CT molecular complexity index is 353. The van der Waals surface area contributed by atoms with Gasteiger partial charge in [-0.3, -0.25) is 9.79 Å². The molecule has 0 bridgehead atoms. The van der Waals surface area contributed by atoms with Gasteiger partial charge in [0.15, 0.2) is 5.96 Å². The maximum absolute atomic E-state index is 11.6. The van der Waals surface area contributed by atoms with Crippen LogP contribution in [0.3, 0.4) is 0 Å². The third kappa shape index (κ3) is 9.43. The van der Waals surface area contributed by atoms with Crippen LogP contribution in [0.2, 0.25) is 0 Å². The maximum Gasteiger partial charge on any atom is 0.221 e. The first-order valence-electron chi connectivity index (χ1n) is 8.85. The Kier molecular flexibility index (Phi) is 11.5. The molecule has 0 aliphatic heterocycles. The standard InChI is InChI=1S/C17H36N4O2/c1-6-17(7-2,10-12-22)13-20-16(18-8-3)19-11-9-15(23)21-14(4)5/h14,22H,6-13H2,1-5H3,(H,21,23)(H2,18,19,20). The van der Waals surface area contributed by atoms with Crippen molar-refractivity contribution in [2.45, 2.75) is 66.3 Å². The first-order chi connectivity index (χ1) is 10.9. The van der Waals surface area contributed by atoms with E-state index in [1.807, 2.05) is 20.8 Å². The lowest BCUT2D eigenvalue weighted by Gasteiger charge is -2.29. The number of rotatable bonds is 11. The number of aliphatic hydroxyl groups excluding tert-OH is 1. The lowest BCUT2D eigenvalue weighted by molar-refractivity contribution is -0.121. The number of hydrogen-bond acceptors (Lipinski definition) is 3. The molecule has 6 nitrogen and oxygen atoms in total. The minimum absolute atomic E-state index is 0.0418. The van der Waals surface area contributed by atoms with E-state index in [1.54, 1.807) is 0 Å². The van der Waals surface area contributed by atoms with Crippen molar-refractivity contribution in [2.75, 3.05) is 26.2 Å². The first kappa shape index (κ1) is 21.7. The van der Waals surface area contributed by atoms with Gasteiger partial charge in [0.25, 0.3) is 0 Å². The Balaban J connectivity index is 4.55. The number of aliphatic hydroxyl groups is 1. The van der Waals surface area contributed by atoms with E-state index < -0.39 is 0 Å². The van der Waals surface area contributed by atoms with E-state index in [-0.39, 0.29) is 24.0 Å². The normalized spacial score (nSPS) is 12.4. The molecule has 0 saturated carbocycles. The molecule has 4 N–H and O–H groups in total. The fourth-order valence-electron chi connectivity index (χ4n) is 2.42. The van der Waals surface area contributed by atoms with Crippen LogP contribution in [-0.4, -0.2) is 49.3 Å². The van der Waals surface area contributed by atoms with E-state index in [0.717, 1.165) is 31.8 Å². The van der Waals surface area contributed by atoms with Gasteiger partial charge >= 0.3 is 0 Å². The van der Waals surface area contributed by atoms with Crippen LogP contribution >= 0.6 is 0 Å². The molecule has 1 amide bonds. The summed E-state index contributed by atoms with van der Waals surface area (Å²) in [5.74, 6) is 0.772. The zero-order valence-electron chi connectivity index (χ0n) is 15.5. The topological polar surface area (TPSA) is 85.8 Å². The van der Waals surface area contributed by atoms with Gasteiger partial charge in [0.2, 0.25) is 5.91 Å². The van der Waals surface area contributed by atoms with Crippen molar-refractivity contribution in [3.8, 4) is 0 Å². The van der Waals surface area contributed by atoms with Crippen LogP contribution in [0.15, 0.2) is 4.99 Å². The highest BCUT2D eigenvalue weighted by Gasteiger charge is 2.25. The molecule has 23 heavy (non-hydrogen) atoms. The van der Waals surface area contributed by atoms with Gasteiger partial charge in [-0.05, 0) is 45.4 Å². The molecule has 0 unspecified atom stereocenters. The van der Waals surface area contributed by atoms with Gasteiger partial charge in [-0.1, -0.05) is 13.8 Å². The lowest BCUT2D eigenvalue weighted by Crippen LogP contribution is -2.41. The molecule has 0 heterocycles. The lowest BCUT2D eigenvalue weighted by atomic mass is 9.79. The molecule has 0 aliphatic rings. The molecule has 0 aliphatic carbocycles. The molecule has 0 aromatic heterocycles. The second kappa shape index (κ2) is 12.2. The second-order valence-electron chi connectivity index (χ2n) is 6.27. The predicted molar refractivity (Wildman–Crippen MR) is 96.6 cm³/mol. The van der Waals surface area contributed by atoms with Crippen molar-refractivity contribution in [3.05, 3.63) is 0 Å². The largest absolute Gasteiger partial charge is 0.396 e. The maximum atomic E-state index is 11.6. The van der Waals surface area contributed by atoms with Crippen LogP contribution in [0.1, 0.15) is 60.3 Å². The summed E-state index contributed by atoms with van der Waals surface area (Å²) in [6.07, 6.45) is 3.17.